The number of carbonyl (C=O) groups excluding carboxylic acids is 2. The van der Waals surface area contributed by atoms with E-state index in [-0.39, 0.29) is 12.2 Å². The second-order valence-corrected chi connectivity index (χ2v) is 9.11. The predicted molar refractivity (Wildman–Crippen MR) is 132 cm³/mol. The second-order valence-electron chi connectivity index (χ2n) is 7.87. The van der Waals surface area contributed by atoms with E-state index in [1.807, 2.05) is 61.5 Å². The minimum absolute atomic E-state index is 0.0613. The van der Waals surface area contributed by atoms with Gasteiger partial charge >= 0.3 is 0 Å². The molecule has 0 aliphatic rings. The topological polar surface area (TPSA) is 86.2 Å². The first-order chi connectivity index (χ1) is 15.5. The molecule has 3 aromatic carbocycles. The van der Waals surface area contributed by atoms with Gasteiger partial charge in [0.25, 0.3) is 0 Å². The number of amides is 1. The number of hydrogen-bond acceptors (Lipinski definition) is 4. The van der Waals surface area contributed by atoms with Crippen molar-refractivity contribution in [2.24, 2.45) is 17.4 Å². The third-order valence-corrected chi connectivity index (χ3v) is 7.45. The molecule has 166 valence electrons. The van der Waals surface area contributed by atoms with Crippen LogP contribution in [0.1, 0.15) is 36.5 Å². The second kappa shape index (κ2) is 11.1. The van der Waals surface area contributed by atoms with Crippen LogP contribution in [0.2, 0.25) is 0 Å². The van der Waals surface area contributed by atoms with Gasteiger partial charge in [-0.15, -0.1) is 11.8 Å². The fourth-order valence-corrected chi connectivity index (χ4v) is 5.50. The van der Waals surface area contributed by atoms with Crippen LogP contribution in [0.3, 0.4) is 0 Å². The molecule has 4 nitrogen and oxygen atoms in total. The lowest BCUT2D eigenvalue weighted by Gasteiger charge is -2.36. The number of thioether (sulfide) groups is 1. The Hall–Kier alpha value is -2.89. The van der Waals surface area contributed by atoms with Gasteiger partial charge in [-0.25, -0.2) is 0 Å². The Morgan fingerprint density at radius 3 is 1.56 bits per heavy atom. The molecule has 0 saturated carbocycles. The maximum absolute atomic E-state index is 12.5. The zero-order valence-electron chi connectivity index (χ0n) is 18.3. The van der Waals surface area contributed by atoms with Gasteiger partial charge in [0.15, 0.2) is 0 Å². The first-order valence-electron chi connectivity index (χ1n) is 10.9. The summed E-state index contributed by atoms with van der Waals surface area (Å²) >= 11 is 1.63. The summed E-state index contributed by atoms with van der Waals surface area (Å²) in [5.41, 5.74) is 14.9. The van der Waals surface area contributed by atoms with Gasteiger partial charge in [0.05, 0.1) is 16.7 Å². The molecule has 2 atom stereocenters. The number of nitrogens with two attached hydrogens (primary N) is 2. The minimum atomic E-state index is -0.597. The molecular weight excluding hydrogens is 416 g/mol. The van der Waals surface area contributed by atoms with Crippen molar-refractivity contribution < 1.29 is 9.59 Å². The summed E-state index contributed by atoms with van der Waals surface area (Å²) in [7, 11) is 0. The lowest BCUT2D eigenvalue weighted by Crippen LogP contribution is -2.36. The number of Topliss-reactive ketones (excluding diaryl/α,β-unsaturated/α-hetero) is 1. The Balaban J connectivity index is 2.06. The van der Waals surface area contributed by atoms with Crippen LogP contribution in [-0.4, -0.2) is 23.5 Å². The third-order valence-electron chi connectivity index (χ3n) is 5.75. The normalized spacial score (nSPS) is 13.3. The average molecular weight is 447 g/mol. The van der Waals surface area contributed by atoms with Gasteiger partial charge in [-0.1, -0.05) is 97.9 Å². The Morgan fingerprint density at radius 1 is 0.812 bits per heavy atom. The maximum Gasteiger partial charge on any atom is 0.221 e. The largest absolute Gasteiger partial charge is 0.369 e. The molecule has 0 bridgehead atoms. The summed E-state index contributed by atoms with van der Waals surface area (Å²) in [6.07, 6.45) is 0.602. The lowest BCUT2D eigenvalue weighted by molar-refractivity contribution is -0.127. The number of hydrogen-bond donors (Lipinski definition) is 2. The zero-order chi connectivity index (χ0) is 23.0. The summed E-state index contributed by atoms with van der Waals surface area (Å²) in [5, 5.41) is 0. The van der Waals surface area contributed by atoms with Crippen molar-refractivity contribution in [3.8, 4) is 0 Å². The quantitative estimate of drug-likeness (QED) is 0.424. The molecule has 0 saturated heterocycles. The van der Waals surface area contributed by atoms with Crippen LogP contribution >= 0.6 is 11.8 Å². The first-order valence-corrected chi connectivity index (χ1v) is 11.9. The summed E-state index contributed by atoms with van der Waals surface area (Å²) in [6.45, 7) is 1.86. The lowest BCUT2D eigenvalue weighted by atomic mass is 9.84. The average Bonchev–Trinajstić information content (AvgIpc) is 2.84. The fraction of sp³-hybridized carbons (Fsp3) is 0.259. The van der Waals surface area contributed by atoms with E-state index in [2.05, 4.69) is 36.4 Å². The molecule has 4 N–H and O–H groups in total. The molecule has 0 fully saturated rings. The van der Waals surface area contributed by atoms with Crippen molar-refractivity contribution in [3.63, 3.8) is 0 Å². The van der Waals surface area contributed by atoms with E-state index in [0.29, 0.717) is 12.2 Å². The molecule has 3 rings (SSSR count). The molecule has 0 aliphatic carbocycles. The Labute approximate surface area is 194 Å². The summed E-state index contributed by atoms with van der Waals surface area (Å²) in [5.74, 6) is -0.796. The van der Waals surface area contributed by atoms with Crippen molar-refractivity contribution >= 4 is 23.5 Å². The van der Waals surface area contributed by atoms with Crippen LogP contribution < -0.4 is 11.5 Å². The van der Waals surface area contributed by atoms with Gasteiger partial charge in [-0.3, -0.25) is 9.59 Å². The van der Waals surface area contributed by atoms with E-state index < -0.39 is 22.6 Å². The fourth-order valence-electron chi connectivity index (χ4n) is 3.86. The molecule has 0 spiro atoms. The van der Waals surface area contributed by atoms with E-state index in [1.54, 1.807) is 11.8 Å². The number of ketones is 1. The van der Waals surface area contributed by atoms with E-state index >= 15 is 0 Å². The third kappa shape index (κ3) is 5.29. The van der Waals surface area contributed by atoms with E-state index in [9.17, 15) is 9.59 Å². The van der Waals surface area contributed by atoms with Crippen molar-refractivity contribution in [1.29, 1.82) is 0 Å². The van der Waals surface area contributed by atoms with Crippen LogP contribution in [0.15, 0.2) is 91.0 Å². The highest BCUT2D eigenvalue weighted by Crippen LogP contribution is 2.49. The highest BCUT2D eigenvalue weighted by Gasteiger charge is 2.38. The van der Waals surface area contributed by atoms with E-state index in [1.165, 1.54) is 0 Å². The first kappa shape index (κ1) is 23.8. The zero-order valence-corrected chi connectivity index (χ0v) is 19.1. The van der Waals surface area contributed by atoms with Crippen molar-refractivity contribution in [1.82, 2.24) is 0 Å². The van der Waals surface area contributed by atoms with Gasteiger partial charge in [0.1, 0.15) is 5.78 Å². The summed E-state index contributed by atoms with van der Waals surface area (Å²) in [6, 6.07) is 30.1. The molecule has 0 heterocycles. The SMILES string of the molecule is CC[C@H](N)C(=O)C[C@@H](CSC(c1ccccc1)(c1ccccc1)c1ccccc1)C(N)=O. The van der Waals surface area contributed by atoms with Crippen LogP contribution in [-0.2, 0) is 14.3 Å². The van der Waals surface area contributed by atoms with Crippen LogP contribution in [0.4, 0.5) is 0 Å². The summed E-state index contributed by atoms with van der Waals surface area (Å²) < 4.78 is -0.562. The van der Waals surface area contributed by atoms with Gasteiger partial charge in [0.2, 0.25) is 5.91 Å². The number of rotatable bonds is 11. The molecule has 3 aromatic rings. The summed E-state index contributed by atoms with van der Waals surface area (Å²) in [4.78, 5) is 24.8. The van der Waals surface area contributed by atoms with Crippen molar-refractivity contribution in [2.75, 3.05) is 5.75 Å². The van der Waals surface area contributed by atoms with Crippen LogP contribution in [0.5, 0.6) is 0 Å². The molecule has 0 radical (unpaired) electrons. The minimum Gasteiger partial charge on any atom is -0.369 e. The monoisotopic (exact) mass is 446 g/mol. The molecule has 32 heavy (non-hydrogen) atoms. The number of benzene rings is 3. The van der Waals surface area contributed by atoms with Gasteiger partial charge in [0, 0.05) is 12.2 Å². The van der Waals surface area contributed by atoms with Crippen LogP contribution in [0, 0.1) is 5.92 Å². The maximum atomic E-state index is 12.5. The van der Waals surface area contributed by atoms with Gasteiger partial charge < -0.3 is 11.5 Å². The number of carbonyl (C=O) groups is 2. The highest BCUT2D eigenvalue weighted by molar-refractivity contribution is 8.00. The van der Waals surface area contributed by atoms with E-state index in [4.69, 9.17) is 11.5 Å². The van der Waals surface area contributed by atoms with Crippen molar-refractivity contribution in [3.05, 3.63) is 108 Å². The molecular formula is C27H30N2O2S. The number of primary amides is 1. The smallest absolute Gasteiger partial charge is 0.221 e. The Morgan fingerprint density at radius 2 is 1.22 bits per heavy atom. The van der Waals surface area contributed by atoms with E-state index in [0.717, 1.165) is 16.7 Å². The highest BCUT2D eigenvalue weighted by atomic mass is 32.2. The van der Waals surface area contributed by atoms with Crippen LogP contribution in [0.25, 0.3) is 0 Å². The molecule has 0 unspecified atom stereocenters. The van der Waals surface area contributed by atoms with Crippen molar-refractivity contribution in [2.45, 2.75) is 30.6 Å². The molecule has 0 aromatic heterocycles. The van der Waals surface area contributed by atoms with Gasteiger partial charge in [-0.2, -0.15) is 0 Å². The Kier molecular flexibility index (Phi) is 8.26. The molecule has 5 heteroatoms. The predicted octanol–water partition coefficient (Wildman–Crippen LogP) is 4.51. The molecule has 1 amide bonds. The Bertz CT molecular complexity index is 913. The van der Waals surface area contributed by atoms with Gasteiger partial charge in [-0.05, 0) is 23.1 Å². The molecule has 0 aliphatic heterocycles. The standard InChI is InChI=1S/C27H30N2O2S/c1-2-24(28)25(30)18-20(26(29)31)19-32-27(21-12-6-3-7-13-21,22-14-8-4-9-15-22)23-16-10-5-11-17-23/h3-17,20,24H,2,18-19,28H2,1H3,(H2,29,31)/t20-,24-/m0/s1.